The zero-order chi connectivity index (χ0) is 18.2. The lowest BCUT2D eigenvalue weighted by Gasteiger charge is -2.35. The van der Waals surface area contributed by atoms with E-state index in [1.807, 2.05) is 17.5 Å². The van der Waals surface area contributed by atoms with Gasteiger partial charge in [-0.3, -0.25) is 9.69 Å². The van der Waals surface area contributed by atoms with Gasteiger partial charge in [0.2, 0.25) is 17.6 Å². The van der Waals surface area contributed by atoms with E-state index in [0.29, 0.717) is 30.1 Å². The lowest BCUT2D eigenvalue weighted by molar-refractivity contribution is -0.134. The summed E-state index contributed by atoms with van der Waals surface area (Å²) in [6.07, 6.45) is 6.20. The van der Waals surface area contributed by atoms with Crippen molar-refractivity contribution in [3.63, 3.8) is 0 Å². The molecule has 3 heterocycles. The van der Waals surface area contributed by atoms with Gasteiger partial charge in [0.1, 0.15) is 0 Å². The molecule has 7 heteroatoms. The second kappa shape index (κ2) is 7.36. The average Bonchev–Trinajstić information content (AvgIpc) is 3.46. The number of thiophene rings is 1. The van der Waals surface area contributed by atoms with Gasteiger partial charge in [-0.1, -0.05) is 17.6 Å². The number of piperazine rings is 1. The molecule has 2 aromatic heterocycles. The summed E-state index contributed by atoms with van der Waals surface area (Å²) in [5.41, 5.74) is 0. The monoisotopic (exact) mass is 386 g/mol. The van der Waals surface area contributed by atoms with Gasteiger partial charge in [0.15, 0.2) is 0 Å². The second-order valence-corrected chi connectivity index (χ2v) is 9.23. The van der Waals surface area contributed by atoms with Crippen molar-refractivity contribution < 1.29 is 9.32 Å². The number of hydrogen-bond acceptors (Lipinski definition) is 6. The predicted octanol–water partition coefficient (Wildman–Crippen LogP) is 3.27. The summed E-state index contributed by atoms with van der Waals surface area (Å²) in [5, 5.41) is 6.09. The van der Waals surface area contributed by atoms with Crippen molar-refractivity contribution in [2.24, 2.45) is 17.8 Å². The van der Waals surface area contributed by atoms with E-state index >= 15 is 0 Å². The Balaban J connectivity index is 1.10. The number of carbonyl (C=O) groups excluding carboxylic acids is 1. The molecular weight excluding hydrogens is 360 g/mol. The highest BCUT2D eigenvalue weighted by atomic mass is 32.1. The fraction of sp³-hybridized carbons (Fsp3) is 0.650. The summed E-state index contributed by atoms with van der Waals surface area (Å²) >= 11 is 1.61. The van der Waals surface area contributed by atoms with Crippen LogP contribution in [0.3, 0.4) is 0 Å². The van der Waals surface area contributed by atoms with Crippen molar-refractivity contribution in [2.45, 2.75) is 38.6 Å². The molecule has 2 aliphatic carbocycles. The minimum absolute atomic E-state index is 0.366. The van der Waals surface area contributed by atoms with Crippen molar-refractivity contribution in [3.8, 4) is 10.7 Å². The van der Waals surface area contributed by atoms with Crippen LogP contribution in [0.4, 0.5) is 0 Å². The maximum Gasteiger partial charge on any atom is 0.241 e. The van der Waals surface area contributed by atoms with Crippen molar-refractivity contribution in [3.05, 3.63) is 23.4 Å². The van der Waals surface area contributed by atoms with Gasteiger partial charge in [0.25, 0.3) is 0 Å². The summed E-state index contributed by atoms with van der Waals surface area (Å²) in [7, 11) is 0. The van der Waals surface area contributed by atoms with Crippen LogP contribution in [0.25, 0.3) is 10.7 Å². The molecule has 27 heavy (non-hydrogen) atoms. The third-order valence-electron chi connectivity index (χ3n) is 6.61. The van der Waals surface area contributed by atoms with Crippen LogP contribution in [0, 0.1) is 17.8 Å². The van der Waals surface area contributed by atoms with Gasteiger partial charge in [0.05, 0.1) is 11.4 Å². The molecule has 0 spiro atoms. The summed E-state index contributed by atoms with van der Waals surface area (Å²) in [6, 6.07) is 3.99. The van der Waals surface area contributed by atoms with Crippen LogP contribution in [0.15, 0.2) is 22.0 Å². The van der Waals surface area contributed by atoms with E-state index in [0.717, 1.165) is 49.3 Å². The normalized spacial score (nSPS) is 28.1. The minimum atomic E-state index is 0.366. The Morgan fingerprint density at radius 2 is 2.11 bits per heavy atom. The third-order valence-corrected chi connectivity index (χ3v) is 7.48. The van der Waals surface area contributed by atoms with Crippen LogP contribution in [-0.2, 0) is 11.3 Å². The van der Waals surface area contributed by atoms with Crippen molar-refractivity contribution in [1.29, 1.82) is 0 Å². The Labute approximate surface area is 163 Å². The van der Waals surface area contributed by atoms with Gasteiger partial charge in [0, 0.05) is 32.6 Å². The Kier molecular flexibility index (Phi) is 4.73. The number of carbonyl (C=O) groups is 1. The highest BCUT2D eigenvalue weighted by Gasteiger charge is 2.40. The first kappa shape index (κ1) is 17.4. The molecule has 2 saturated carbocycles. The Morgan fingerprint density at radius 3 is 2.81 bits per heavy atom. The molecule has 3 fully saturated rings. The van der Waals surface area contributed by atoms with Crippen LogP contribution in [0.2, 0.25) is 0 Å². The first-order chi connectivity index (χ1) is 13.2. The number of rotatable bonds is 5. The molecule has 6 nitrogen and oxygen atoms in total. The molecule has 0 N–H and O–H groups in total. The molecule has 0 aromatic carbocycles. The maximum atomic E-state index is 12.7. The van der Waals surface area contributed by atoms with E-state index in [1.54, 1.807) is 11.3 Å². The van der Waals surface area contributed by atoms with E-state index in [9.17, 15) is 4.79 Å². The number of aromatic nitrogens is 2. The van der Waals surface area contributed by atoms with Crippen LogP contribution in [0.1, 0.15) is 38.0 Å². The summed E-state index contributed by atoms with van der Waals surface area (Å²) < 4.78 is 5.41. The van der Waals surface area contributed by atoms with E-state index in [4.69, 9.17) is 4.52 Å². The predicted molar refractivity (Wildman–Crippen MR) is 103 cm³/mol. The van der Waals surface area contributed by atoms with Gasteiger partial charge in [-0.25, -0.2) is 0 Å². The number of fused-ring (bicyclic) bond motifs is 2. The van der Waals surface area contributed by atoms with E-state index < -0.39 is 0 Å². The average molecular weight is 387 g/mol. The number of amides is 1. The smallest absolute Gasteiger partial charge is 0.241 e. The van der Waals surface area contributed by atoms with Crippen molar-refractivity contribution >= 4 is 17.2 Å². The molecule has 3 unspecified atom stereocenters. The molecule has 144 valence electrons. The van der Waals surface area contributed by atoms with E-state index in [1.165, 1.54) is 25.7 Å². The molecule has 3 atom stereocenters. The molecule has 1 aliphatic heterocycles. The number of hydrogen-bond donors (Lipinski definition) is 0. The lowest BCUT2D eigenvalue weighted by atomic mass is 9.86. The molecule has 2 bridgehead atoms. The topological polar surface area (TPSA) is 62.5 Å². The minimum Gasteiger partial charge on any atom is -0.340 e. The largest absolute Gasteiger partial charge is 0.340 e. The summed E-state index contributed by atoms with van der Waals surface area (Å²) in [4.78, 5) is 22.6. The summed E-state index contributed by atoms with van der Waals surface area (Å²) in [5.74, 6) is 4.08. The zero-order valence-corrected chi connectivity index (χ0v) is 16.4. The molecule has 3 aliphatic rings. The molecule has 5 rings (SSSR count). The standard InChI is InChI=1S/C20H26N4O2S/c25-19(12-16-11-14-3-4-15(16)10-14)24-7-5-23(6-8-24)13-18-21-20(22-26-18)17-2-1-9-27-17/h1-2,9,14-16H,3-8,10-13H2. The van der Waals surface area contributed by atoms with Gasteiger partial charge >= 0.3 is 0 Å². The molecule has 1 amide bonds. The van der Waals surface area contributed by atoms with Crippen LogP contribution in [0.5, 0.6) is 0 Å². The third kappa shape index (κ3) is 3.67. The Bertz CT molecular complexity index is 782. The maximum absolute atomic E-state index is 12.7. The van der Waals surface area contributed by atoms with E-state index in [2.05, 4.69) is 19.9 Å². The van der Waals surface area contributed by atoms with Crippen molar-refractivity contribution in [1.82, 2.24) is 19.9 Å². The fourth-order valence-corrected chi connectivity index (χ4v) is 5.80. The second-order valence-electron chi connectivity index (χ2n) is 8.29. The van der Waals surface area contributed by atoms with Crippen LogP contribution >= 0.6 is 11.3 Å². The highest BCUT2D eigenvalue weighted by Crippen LogP contribution is 2.49. The summed E-state index contributed by atoms with van der Waals surface area (Å²) in [6.45, 7) is 4.03. The van der Waals surface area contributed by atoms with Crippen LogP contribution in [-0.4, -0.2) is 52.0 Å². The van der Waals surface area contributed by atoms with Gasteiger partial charge in [-0.15, -0.1) is 11.3 Å². The quantitative estimate of drug-likeness (QED) is 0.789. The van der Waals surface area contributed by atoms with Gasteiger partial charge in [-0.2, -0.15) is 4.98 Å². The molecule has 0 radical (unpaired) electrons. The first-order valence-electron chi connectivity index (χ1n) is 10.1. The van der Waals surface area contributed by atoms with Crippen LogP contribution < -0.4 is 0 Å². The highest BCUT2D eigenvalue weighted by molar-refractivity contribution is 7.13. The fourth-order valence-electron chi connectivity index (χ4n) is 5.15. The molecular formula is C20H26N4O2S. The SMILES string of the molecule is O=C(CC1CC2CCC1C2)N1CCN(Cc2nc(-c3cccs3)no2)CC1. The Morgan fingerprint density at radius 1 is 1.22 bits per heavy atom. The molecule has 2 aromatic rings. The van der Waals surface area contributed by atoms with Crippen molar-refractivity contribution in [2.75, 3.05) is 26.2 Å². The van der Waals surface area contributed by atoms with E-state index in [-0.39, 0.29) is 0 Å². The number of nitrogens with zero attached hydrogens (tertiary/aromatic N) is 4. The van der Waals surface area contributed by atoms with Gasteiger partial charge < -0.3 is 9.42 Å². The lowest BCUT2D eigenvalue weighted by Crippen LogP contribution is -2.48. The zero-order valence-electron chi connectivity index (χ0n) is 15.5. The molecule has 1 saturated heterocycles. The first-order valence-corrected chi connectivity index (χ1v) is 11.0. The Hall–Kier alpha value is -1.73. The van der Waals surface area contributed by atoms with Gasteiger partial charge in [-0.05, 0) is 48.5 Å².